The van der Waals surface area contributed by atoms with Crippen LogP contribution in [0.1, 0.15) is 19.8 Å². The summed E-state index contributed by atoms with van der Waals surface area (Å²) in [6.45, 7) is 2.20. The van der Waals surface area contributed by atoms with Crippen LogP contribution in [0.25, 0.3) is 0 Å². The van der Waals surface area contributed by atoms with Crippen LogP contribution in [0, 0.1) is 0 Å². The molecular formula is C4H11ClO2Sn2. The second-order valence-electron chi connectivity index (χ2n) is 1.34. The Hall–Kier alpha value is 1.81. The quantitative estimate of drug-likeness (QED) is 0.568. The van der Waals surface area contributed by atoms with Crippen molar-refractivity contribution in [2.24, 2.45) is 0 Å². The number of halogens is 1. The van der Waals surface area contributed by atoms with Crippen LogP contribution >= 0.6 is 8.92 Å². The van der Waals surface area contributed by atoms with E-state index in [1.54, 1.807) is 0 Å². The second-order valence-corrected chi connectivity index (χ2v) is 5.89. The first-order valence-electron chi connectivity index (χ1n) is 2.70. The van der Waals surface area contributed by atoms with E-state index >= 15 is 0 Å². The molecule has 0 atom stereocenters. The third kappa shape index (κ3) is 25.9. The van der Waals surface area contributed by atoms with E-state index in [0.717, 1.165) is 0 Å². The molecule has 0 spiro atoms. The molecule has 0 unspecified atom stereocenters. The molecular weight excluding hydrogens is 353 g/mol. The van der Waals surface area contributed by atoms with Crippen LogP contribution in [-0.4, -0.2) is 48.9 Å². The first-order chi connectivity index (χ1) is 4.33. The summed E-state index contributed by atoms with van der Waals surface area (Å²) in [6.07, 6.45) is 2.67. The Labute approximate surface area is 81.2 Å². The Morgan fingerprint density at radius 2 is 1.89 bits per heavy atom. The average molecular weight is 364 g/mol. The molecule has 9 heavy (non-hydrogen) atoms. The molecule has 0 aromatic rings. The normalized spacial score (nSPS) is 8.00. The van der Waals surface area contributed by atoms with E-state index in [2.05, 4.69) is 6.92 Å². The van der Waals surface area contributed by atoms with Gasteiger partial charge in [-0.3, -0.25) is 0 Å². The van der Waals surface area contributed by atoms with Crippen molar-refractivity contribution in [3.8, 4) is 0 Å². The molecule has 0 aromatic carbocycles. The van der Waals surface area contributed by atoms with Gasteiger partial charge in [0.1, 0.15) is 0 Å². The van der Waals surface area contributed by atoms with Gasteiger partial charge in [0.15, 0.2) is 0 Å². The van der Waals surface area contributed by atoms with Crippen LogP contribution < -0.4 is 0 Å². The Kier molecular flexibility index (Phi) is 24.4. The van der Waals surface area contributed by atoms with Gasteiger partial charge in [0.25, 0.3) is 0 Å². The van der Waals surface area contributed by atoms with Gasteiger partial charge in [0.05, 0.1) is 0 Å². The molecule has 0 saturated carbocycles. The summed E-state index contributed by atoms with van der Waals surface area (Å²) in [5.41, 5.74) is 0. The number of unbranched alkanes of at least 4 members (excludes halogenated alkanes) is 1. The fourth-order valence-corrected chi connectivity index (χ4v) is 2.53. The van der Waals surface area contributed by atoms with E-state index in [-0.39, 0.29) is 20.0 Å². The van der Waals surface area contributed by atoms with Crippen LogP contribution in [-0.2, 0) is 0 Å². The van der Waals surface area contributed by atoms with Crippen molar-refractivity contribution in [2.45, 2.75) is 24.2 Å². The van der Waals surface area contributed by atoms with Crippen molar-refractivity contribution < 1.29 is 6.89 Å². The molecule has 0 aliphatic heterocycles. The van der Waals surface area contributed by atoms with Crippen LogP contribution in [0.3, 0.4) is 0 Å². The van der Waals surface area contributed by atoms with Gasteiger partial charge in [-0.25, -0.2) is 0 Å². The molecule has 2 nitrogen and oxygen atoms in total. The van der Waals surface area contributed by atoms with Crippen LogP contribution in [0.2, 0.25) is 4.44 Å². The molecule has 54 valence electrons. The maximum absolute atomic E-state index is 7.30. The summed E-state index contributed by atoms with van der Waals surface area (Å²) in [5.74, 6) is 0. The average Bonchev–Trinajstić information content (AvgIpc) is 1.86. The zero-order valence-electron chi connectivity index (χ0n) is 5.39. The van der Waals surface area contributed by atoms with E-state index in [1.165, 1.54) is 17.3 Å². The Morgan fingerprint density at radius 1 is 1.44 bits per heavy atom. The third-order valence-corrected chi connectivity index (χ3v) is 3.44. The summed E-state index contributed by atoms with van der Waals surface area (Å²) in [4.78, 5) is 0. The molecule has 0 aliphatic rings. The Morgan fingerprint density at radius 3 is 2.00 bits per heavy atom. The van der Waals surface area contributed by atoms with Crippen molar-refractivity contribution in [3.63, 3.8) is 0 Å². The van der Waals surface area contributed by atoms with Crippen molar-refractivity contribution in [1.29, 1.82) is 0 Å². The predicted octanol–water partition coefficient (Wildman–Crippen LogP) is 0.568. The zero-order valence-corrected chi connectivity index (χ0v) is 11.9. The molecule has 0 saturated heterocycles. The molecule has 4 radical (unpaired) electrons. The molecule has 0 rings (SSSR count). The molecule has 0 aromatic heterocycles. The Balaban J connectivity index is 0. The van der Waals surface area contributed by atoms with Gasteiger partial charge in [-0.15, -0.1) is 0 Å². The molecule has 2 N–H and O–H groups in total. The molecule has 5 heteroatoms. The van der Waals surface area contributed by atoms with Crippen LogP contribution in [0.4, 0.5) is 0 Å². The molecule has 0 aliphatic carbocycles. The van der Waals surface area contributed by atoms with Crippen molar-refractivity contribution >= 4 is 50.9 Å². The van der Waals surface area contributed by atoms with E-state index in [4.69, 9.17) is 15.8 Å². The Bertz CT molecular complexity index is 35.7. The van der Waals surface area contributed by atoms with Gasteiger partial charge in [-0.1, -0.05) is 0 Å². The number of rotatable bonds is 3. The van der Waals surface area contributed by atoms with E-state index in [1.807, 2.05) is 0 Å². The number of hydrogen-bond acceptors (Lipinski definition) is 2. The third-order valence-electron chi connectivity index (χ3n) is 0.625. The topological polar surface area (TPSA) is 40.5 Å². The first-order valence-corrected chi connectivity index (χ1v) is 10.9. The van der Waals surface area contributed by atoms with Gasteiger partial charge in [0, 0.05) is 0 Å². The molecule has 0 bridgehead atoms. The van der Waals surface area contributed by atoms with E-state index < -0.39 is 22.0 Å². The summed E-state index contributed by atoms with van der Waals surface area (Å²) >= 11 is -2.11. The minimum atomic E-state index is -1.77. The van der Waals surface area contributed by atoms with Gasteiger partial charge >= 0.3 is 82.0 Å². The summed E-state index contributed by atoms with van der Waals surface area (Å²) in [5, 5.41) is 0. The predicted molar refractivity (Wildman–Crippen MR) is 41.5 cm³/mol. The molecule has 0 amide bonds. The van der Waals surface area contributed by atoms with E-state index in [0.29, 0.717) is 0 Å². The minimum absolute atomic E-state index is 0.338. The SMILES string of the molecule is CCC[CH2][Sn][Cl].[OH][Sn][OH]. The van der Waals surface area contributed by atoms with Gasteiger partial charge in [0.2, 0.25) is 0 Å². The summed E-state index contributed by atoms with van der Waals surface area (Å²) in [7, 11) is 5.55. The number of hydrogen-bond donors (Lipinski definition) is 2. The standard InChI is InChI=1S/C4H9.ClH.2H2O.2Sn/c1-3-4-2;;;;;/h1,3-4H2,2H3;1H;2*1H2;;/q;;;;+1;+2/p-3. The fourth-order valence-electron chi connectivity index (χ4n) is 0.244. The van der Waals surface area contributed by atoms with Crippen molar-refractivity contribution in [2.75, 3.05) is 0 Å². The van der Waals surface area contributed by atoms with E-state index in [9.17, 15) is 0 Å². The van der Waals surface area contributed by atoms with Gasteiger partial charge in [-0.2, -0.15) is 0 Å². The zero-order chi connectivity index (χ0) is 7.54. The first kappa shape index (κ1) is 13.4. The summed E-state index contributed by atoms with van der Waals surface area (Å²) in [6, 6.07) is 0. The van der Waals surface area contributed by atoms with Crippen LogP contribution in [0.5, 0.6) is 0 Å². The molecule has 0 fully saturated rings. The molecule has 0 heterocycles. The van der Waals surface area contributed by atoms with Crippen molar-refractivity contribution in [3.05, 3.63) is 0 Å². The second kappa shape index (κ2) is 16.4. The van der Waals surface area contributed by atoms with Gasteiger partial charge in [-0.05, 0) is 0 Å². The maximum atomic E-state index is 7.30. The fraction of sp³-hybridized carbons (Fsp3) is 1.00. The monoisotopic (exact) mass is 366 g/mol. The van der Waals surface area contributed by atoms with Crippen LogP contribution in [0.15, 0.2) is 0 Å². The van der Waals surface area contributed by atoms with Gasteiger partial charge < -0.3 is 0 Å². The summed E-state index contributed by atoms with van der Waals surface area (Å²) < 4.78 is 15.9. The van der Waals surface area contributed by atoms with Crippen molar-refractivity contribution in [1.82, 2.24) is 0 Å².